The summed E-state index contributed by atoms with van der Waals surface area (Å²) in [7, 11) is 1.57. The zero-order valence-electron chi connectivity index (χ0n) is 15.5. The third-order valence-corrected chi connectivity index (χ3v) is 5.99. The van der Waals surface area contributed by atoms with Crippen LogP contribution in [0.15, 0.2) is 66.9 Å². The fourth-order valence-electron chi connectivity index (χ4n) is 3.57. The van der Waals surface area contributed by atoms with Gasteiger partial charge in [-0.05, 0) is 29.3 Å². The van der Waals surface area contributed by atoms with Crippen LogP contribution >= 0.6 is 11.3 Å². The van der Waals surface area contributed by atoms with Crippen molar-refractivity contribution in [3.63, 3.8) is 0 Å². The molecule has 2 aromatic heterocycles. The predicted molar refractivity (Wildman–Crippen MR) is 116 cm³/mol. The van der Waals surface area contributed by atoms with E-state index in [0.29, 0.717) is 21.1 Å². The second kappa shape index (κ2) is 6.72. The summed E-state index contributed by atoms with van der Waals surface area (Å²) in [6, 6.07) is 19.3. The molecule has 0 atom stereocenters. The van der Waals surface area contributed by atoms with Gasteiger partial charge in [-0.3, -0.25) is 9.69 Å². The molecule has 0 spiro atoms. The topological polar surface area (TPSA) is 74.3 Å². The Labute approximate surface area is 170 Å². The minimum Gasteiger partial charge on any atom is -0.354 e. The Morgan fingerprint density at radius 2 is 1.86 bits per heavy atom. The highest BCUT2D eigenvalue weighted by atomic mass is 32.1. The fraction of sp³-hybridized carbons (Fsp3) is 0.0455. The van der Waals surface area contributed by atoms with E-state index in [0.717, 1.165) is 22.2 Å². The predicted octanol–water partition coefficient (Wildman–Crippen LogP) is 5.01. The molecular formula is C22H16N4O2S. The number of urea groups is 1. The molecule has 142 valence electrons. The molecule has 5 rings (SSSR count). The zero-order chi connectivity index (χ0) is 20.0. The van der Waals surface area contributed by atoms with E-state index in [1.165, 1.54) is 11.3 Å². The van der Waals surface area contributed by atoms with E-state index in [-0.39, 0.29) is 11.9 Å². The molecule has 0 aliphatic carbocycles. The summed E-state index contributed by atoms with van der Waals surface area (Å²) in [6.45, 7) is 0. The van der Waals surface area contributed by atoms with Gasteiger partial charge >= 0.3 is 6.03 Å². The average Bonchev–Trinajstić information content (AvgIpc) is 3.13. The number of hydrogen-bond donors (Lipinski definition) is 2. The Morgan fingerprint density at radius 1 is 1.07 bits per heavy atom. The number of carbonyl (C=O) groups is 2. The maximum absolute atomic E-state index is 13.1. The molecule has 0 radical (unpaired) electrons. The fourth-order valence-corrected chi connectivity index (χ4v) is 4.63. The molecule has 3 amide bonds. The van der Waals surface area contributed by atoms with Crippen LogP contribution in [0.3, 0.4) is 0 Å². The van der Waals surface area contributed by atoms with Gasteiger partial charge in [-0.25, -0.2) is 9.78 Å². The van der Waals surface area contributed by atoms with Crippen molar-refractivity contribution in [2.75, 3.05) is 17.3 Å². The second-order valence-corrected chi connectivity index (χ2v) is 7.58. The number of hydrogen-bond acceptors (Lipinski definition) is 4. The minimum absolute atomic E-state index is 0.242. The molecule has 0 saturated heterocycles. The van der Waals surface area contributed by atoms with Crippen molar-refractivity contribution in [2.24, 2.45) is 0 Å². The quantitative estimate of drug-likeness (QED) is 0.508. The average molecular weight is 400 g/mol. The van der Waals surface area contributed by atoms with Crippen LogP contribution in [0.1, 0.15) is 9.67 Å². The van der Waals surface area contributed by atoms with E-state index in [9.17, 15) is 9.59 Å². The van der Waals surface area contributed by atoms with Gasteiger partial charge in [0, 0.05) is 13.2 Å². The molecule has 29 heavy (non-hydrogen) atoms. The summed E-state index contributed by atoms with van der Waals surface area (Å²) >= 11 is 1.27. The summed E-state index contributed by atoms with van der Waals surface area (Å²) in [4.78, 5) is 32.5. The lowest BCUT2D eigenvalue weighted by atomic mass is 10.0. The molecular weight excluding hydrogens is 384 g/mol. The maximum atomic E-state index is 13.1. The lowest BCUT2D eigenvalue weighted by Crippen LogP contribution is -2.34. The summed E-state index contributed by atoms with van der Waals surface area (Å²) in [5, 5.41) is 6.29. The molecule has 2 aromatic carbocycles. The standard InChI is InChI=1S/C22H16N4O2S/c1-23-20(27)19-18-17-16(10-11-24-21(17)29-19)26(22(28)25-18)15-9-5-8-14(12-15)13-6-3-2-4-7-13/h2-12H,1H3,(H,23,27)(H,25,28). The van der Waals surface area contributed by atoms with Crippen LogP contribution in [0.2, 0.25) is 0 Å². The summed E-state index contributed by atoms with van der Waals surface area (Å²) in [5.41, 5.74) is 4.07. The first-order valence-electron chi connectivity index (χ1n) is 9.07. The highest BCUT2D eigenvalue weighted by Crippen LogP contribution is 2.45. The van der Waals surface area contributed by atoms with Crippen molar-refractivity contribution >= 4 is 50.6 Å². The van der Waals surface area contributed by atoms with Gasteiger partial charge in [0.05, 0.1) is 22.4 Å². The maximum Gasteiger partial charge on any atom is 0.331 e. The van der Waals surface area contributed by atoms with Crippen LogP contribution in [0.5, 0.6) is 0 Å². The highest BCUT2D eigenvalue weighted by Gasteiger charge is 2.32. The summed E-state index contributed by atoms with van der Waals surface area (Å²) < 4.78 is 0. The largest absolute Gasteiger partial charge is 0.354 e. The highest BCUT2D eigenvalue weighted by molar-refractivity contribution is 7.21. The van der Waals surface area contributed by atoms with E-state index < -0.39 is 0 Å². The number of thiophene rings is 1. The Bertz CT molecular complexity index is 1270. The van der Waals surface area contributed by atoms with Gasteiger partial charge in [0.2, 0.25) is 0 Å². The number of nitrogens with one attached hydrogen (secondary N) is 2. The van der Waals surface area contributed by atoms with Crippen molar-refractivity contribution in [1.82, 2.24) is 10.3 Å². The lowest BCUT2D eigenvalue weighted by molar-refractivity contribution is 0.0968. The number of benzene rings is 2. The summed E-state index contributed by atoms with van der Waals surface area (Å²) in [6.07, 6.45) is 1.66. The van der Waals surface area contributed by atoms with Crippen molar-refractivity contribution in [3.8, 4) is 11.1 Å². The van der Waals surface area contributed by atoms with Crippen LogP contribution in [0, 0.1) is 0 Å². The number of anilines is 3. The van der Waals surface area contributed by atoms with Crippen LogP contribution in [-0.2, 0) is 0 Å². The Hall–Kier alpha value is -3.71. The Kier molecular flexibility index (Phi) is 4.03. The van der Waals surface area contributed by atoms with Crippen LogP contribution < -0.4 is 15.5 Å². The first kappa shape index (κ1) is 17.4. The Balaban J connectivity index is 1.68. The molecule has 0 bridgehead atoms. The monoisotopic (exact) mass is 400 g/mol. The molecule has 7 heteroatoms. The first-order valence-corrected chi connectivity index (χ1v) is 9.89. The van der Waals surface area contributed by atoms with Gasteiger partial charge in [0.15, 0.2) is 0 Å². The molecule has 4 aromatic rings. The van der Waals surface area contributed by atoms with E-state index in [1.807, 2.05) is 54.6 Å². The molecule has 1 aliphatic heterocycles. The number of carbonyl (C=O) groups excluding carboxylic acids is 2. The number of rotatable bonds is 3. The van der Waals surface area contributed by atoms with Crippen molar-refractivity contribution in [2.45, 2.75) is 0 Å². The zero-order valence-corrected chi connectivity index (χ0v) is 16.3. The van der Waals surface area contributed by atoms with Crippen LogP contribution in [0.25, 0.3) is 21.3 Å². The normalized spacial score (nSPS) is 12.7. The van der Waals surface area contributed by atoms with Crippen molar-refractivity contribution in [3.05, 3.63) is 71.7 Å². The third kappa shape index (κ3) is 2.75. The number of aromatic nitrogens is 1. The lowest BCUT2D eigenvalue weighted by Gasteiger charge is -2.28. The van der Waals surface area contributed by atoms with Gasteiger partial charge < -0.3 is 10.6 Å². The molecule has 0 fully saturated rings. The molecule has 0 unspecified atom stereocenters. The van der Waals surface area contributed by atoms with Crippen molar-refractivity contribution < 1.29 is 9.59 Å². The summed E-state index contributed by atoms with van der Waals surface area (Å²) in [5.74, 6) is -0.242. The number of pyridine rings is 1. The van der Waals surface area contributed by atoms with Crippen LogP contribution in [0.4, 0.5) is 21.9 Å². The Morgan fingerprint density at radius 3 is 2.66 bits per heavy atom. The van der Waals surface area contributed by atoms with Crippen molar-refractivity contribution in [1.29, 1.82) is 0 Å². The molecule has 2 N–H and O–H groups in total. The first-order chi connectivity index (χ1) is 14.2. The van der Waals surface area contributed by atoms with Crippen LogP contribution in [-0.4, -0.2) is 24.0 Å². The van der Waals surface area contributed by atoms with E-state index in [4.69, 9.17) is 0 Å². The van der Waals surface area contributed by atoms with E-state index in [1.54, 1.807) is 24.2 Å². The van der Waals surface area contributed by atoms with E-state index in [2.05, 4.69) is 15.6 Å². The van der Waals surface area contributed by atoms with Gasteiger partial charge in [-0.1, -0.05) is 42.5 Å². The molecule has 1 aliphatic rings. The third-order valence-electron chi connectivity index (χ3n) is 4.89. The van der Waals surface area contributed by atoms with E-state index >= 15 is 0 Å². The number of nitrogens with zero attached hydrogens (tertiary/aromatic N) is 2. The van der Waals surface area contributed by atoms with Gasteiger partial charge in [0.25, 0.3) is 5.91 Å². The molecule has 0 saturated carbocycles. The second-order valence-electron chi connectivity index (χ2n) is 6.58. The van der Waals surface area contributed by atoms with Gasteiger partial charge in [-0.15, -0.1) is 11.3 Å². The van der Waals surface area contributed by atoms with Gasteiger partial charge in [0.1, 0.15) is 9.71 Å². The molecule has 3 heterocycles. The minimum atomic E-state index is -0.307. The van der Waals surface area contributed by atoms with Gasteiger partial charge in [-0.2, -0.15) is 0 Å². The molecule has 6 nitrogen and oxygen atoms in total. The smallest absolute Gasteiger partial charge is 0.331 e. The SMILES string of the molecule is CNC(=O)c1sc2nccc3c2c1NC(=O)N3c1cccc(-c2ccccc2)c1. The number of amides is 3.